The molecule has 21 heavy (non-hydrogen) atoms. The van der Waals surface area contributed by atoms with Crippen LogP contribution < -0.4 is 10.1 Å². The van der Waals surface area contributed by atoms with Crippen molar-refractivity contribution in [2.75, 3.05) is 11.9 Å². The van der Waals surface area contributed by atoms with Crippen molar-refractivity contribution in [3.63, 3.8) is 0 Å². The molecule has 1 amide bonds. The van der Waals surface area contributed by atoms with Crippen LogP contribution in [0.2, 0.25) is 0 Å². The predicted octanol–water partition coefficient (Wildman–Crippen LogP) is 3.24. The lowest BCUT2D eigenvalue weighted by atomic mass is 10.1. The fourth-order valence-corrected chi connectivity index (χ4v) is 2.49. The number of carbonyl (C=O) groups is 1. The van der Waals surface area contributed by atoms with Crippen LogP contribution in [0.4, 0.5) is 5.13 Å². The van der Waals surface area contributed by atoms with Gasteiger partial charge in [-0.05, 0) is 32.0 Å². The molecule has 2 aromatic heterocycles. The number of furan rings is 1. The number of fused-ring (bicyclic) bond motifs is 1. The van der Waals surface area contributed by atoms with Crippen molar-refractivity contribution in [2.24, 2.45) is 0 Å². The van der Waals surface area contributed by atoms with Gasteiger partial charge in [0.2, 0.25) is 5.13 Å². The third-order valence-corrected chi connectivity index (χ3v) is 3.61. The van der Waals surface area contributed by atoms with Crippen molar-refractivity contribution < 1.29 is 13.9 Å². The van der Waals surface area contributed by atoms with E-state index in [4.69, 9.17) is 9.15 Å². The maximum Gasteiger partial charge on any atom is 0.293 e. The van der Waals surface area contributed by atoms with Crippen LogP contribution in [0.15, 0.2) is 28.1 Å². The molecule has 0 fully saturated rings. The third kappa shape index (κ3) is 2.59. The van der Waals surface area contributed by atoms with Crippen molar-refractivity contribution >= 4 is 33.3 Å². The van der Waals surface area contributed by atoms with Crippen LogP contribution in [0.1, 0.15) is 23.0 Å². The Morgan fingerprint density at radius 1 is 1.48 bits per heavy atom. The monoisotopic (exact) mass is 303 g/mol. The smallest absolute Gasteiger partial charge is 0.293 e. The van der Waals surface area contributed by atoms with Crippen molar-refractivity contribution in [1.29, 1.82) is 0 Å². The van der Waals surface area contributed by atoms with Crippen LogP contribution in [0.5, 0.6) is 5.75 Å². The first-order valence-electron chi connectivity index (χ1n) is 6.42. The number of amides is 1. The molecule has 0 aliphatic rings. The van der Waals surface area contributed by atoms with Gasteiger partial charge in [-0.3, -0.25) is 10.1 Å². The summed E-state index contributed by atoms with van der Waals surface area (Å²) in [6, 6.07) is 5.50. The molecule has 0 saturated heterocycles. The molecule has 0 spiro atoms. The van der Waals surface area contributed by atoms with Gasteiger partial charge in [0.15, 0.2) is 5.76 Å². The van der Waals surface area contributed by atoms with Crippen LogP contribution in [0, 0.1) is 6.92 Å². The van der Waals surface area contributed by atoms with E-state index in [1.54, 1.807) is 11.6 Å². The second kappa shape index (κ2) is 5.53. The van der Waals surface area contributed by atoms with Crippen molar-refractivity contribution in [3.05, 3.63) is 35.0 Å². The van der Waals surface area contributed by atoms with Gasteiger partial charge in [0.1, 0.15) is 16.8 Å². The third-order valence-electron chi connectivity index (χ3n) is 3.01. The zero-order valence-corrected chi connectivity index (χ0v) is 12.4. The molecule has 1 aromatic carbocycles. The summed E-state index contributed by atoms with van der Waals surface area (Å²) in [4.78, 5) is 12.2. The molecule has 6 nitrogen and oxygen atoms in total. The van der Waals surface area contributed by atoms with E-state index in [0.29, 0.717) is 17.3 Å². The zero-order chi connectivity index (χ0) is 14.8. The van der Waals surface area contributed by atoms with Gasteiger partial charge < -0.3 is 9.15 Å². The Kier molecular flexibility index (Phi) is 3.57. The number of benzene rings is 1. The Morgan fingerprint density at radius 2 is 2.33 bits per heavy atom. The molecule has 0 bridgehead atoms. The molecule has 108 valence electrons. The van der Waals surface area contributed by atoms with Gasteiger partial charge in [0, 0.05) is 10.9 Å². The number of rotatable bonds is 4. The quantitative estimate of drug-likeness (QED) is 0.800. The molecule has 3 aromatic rings. The van der Waals surface area contributed by atoms with Gasteiger partial charge in [-0.25, -0.2) is 0 Å². The fourth-order valence-electron chi connectivity index (χ4n) is 2.05. The molecule has 0 saturated carbocycles. The minimum atomic E-state index is -0.335. The predicted molar refractivity (Wildman–Crippen MR) is 80.0 cm³/mol. The summed E-state index contributed by atoms with van der Waals surface area (Å²) in [5.41, 5.74) is 2.97. The summed E-state index contributed by atoms with van der Waals surface area (Å²) in [5.74, 6) is 0.692. The van der Waals surface area contributed by atoms with E-state index in [-0.39, 0.29) is 11.7 Å². The molecular weight excluding hydrogens is 290 g/mol. The standard InChI is InChI=1S/C14H13N3O3S/c1-3-19-9-4-5-11-10(6-9)8(2)12(20-11)13(18)16-14-17-15-7-21-14/h4-7H,3H2,1-2H3,(H,16,17,18). The Hall–Kier alpha value is -2.41. The molecular formula is C14H13N3O3S. The highest BCUT2D eigenvalue weighted by Gasteiger charge is 2.19. The van der Waals surface area contributed by atoms with E-state index < -0.39 is 0 Å². The van der Waals surface area contributed by atoms with Gasteiger partial charge in [0.25, 0.3) is 5.91 Å². The summed E-state index contributed by atoms with van der Waals surface area (Å²) in [6.07, 6.45) is 0. The fraction of sp³-hybridized carbons (Fsp3) is 0.214. The summed E-state index contributed by atoms with van der Waals surface area (Å²) in [7, 11) is 0. The lowest BCUT2D eigenvalue weighted by molar-refractivity contribution is 0.0998. The lowest BCUT2D eigenvalue weighted by Gasteiger charge is -2.01. The average Bonchev–Trinajstić information content (AvgIpc) is 3.08. The minimum absolute atomic E-state index is 0.272. The van der Waals surface area contributed by atoms with Crippen LogP contribution >= 0.6 is 11.3 Å². The van der Waals surface area contributed by atoms with Gasteiger partial charge in [-0.15, -0.1) is 10.2 Å². The number of aryl methyl sites for hydroxylation is 1. The van der Waals surface area contributed by atoms with Crippen molar-refractivity contribution in [1.82, 2.24) is 10.2 Å². The number of ether oxygens (including phenoxy) is 1. The van der Waals surface area contributed by atoms with Crippen LogP contribution in [-0.2, 0) is 0 Å². The number of carbonyl (C=O) groups excluding carboxylic acids is 1. The van der Waals surface area contributed by atoms with Gasteiger partial charge in [0.05, 0.1) is 6.61 Å². The second-order valence-electron chi connectivity index (χ2n) is 4.35. The number of anilines is 1. The Bertz CT molecular complexity index is 780. The Labute approximate surface area is 124 Å². The number of aromatic nitrogens is 2. The lowest BCUT2D eigenvalue weighted by Crippen LogP contribution is -2.11. The molecule has 0 atom stereocenters. The van der Waals surface area contributed by atoms with Crippen molar-refractivity contribution in [3.8, 4) is 5.75 Å². The van der Waals surface area contributed by atoms with Gasteiger partial charge in [-0.2, -0.15) is 0 Å². The first kappa shape index (κ1) is 13.6. The normalized spacial score (nSPS) is 10.8. The largest absolute Gasteiger partial charge is 0.494 e. The summed E-state index contributed by atoms with van der Waals surface area (Å²) < 4.78 is 11.1. The maximum atomic E-state index is 12.2. The first-order valence-corrected chi connectivity index (χ1v) is 7.30. The topological polar surface area (TPSA) is 77.2 Å². The van der Waals surface area contributed by atoms with Crippen molar-refractivity contribution in [2.45, 2.75) is 13.8 Å². The van der Waals surface area contributed by atoms with Crippen LogP contribution in [0.25, 0.3) is 11.0 Å². The highest BCUT2D eigenvalue weighted by atomic mass is 32.1. The number of nitrogens with one attached hydrogen (secondary N) is 1. The zero-order valence-electron chi connectivity index (χ0n) is 11.5. The van der Waals surface area contributed by atoms with E-state index in [2.05, 4.69) is 15.5 Å². The maximum absolute atomic E-state index is 12.2. The Balaban J connectivity index is 1.95. The van der Waals surface area contributed by atoms with E-state index in [9.17, 15) is 4.79 Å². The number of hydrogen-bond donors (Lipinski definition) is 1. The molecule has 0 aliphatic carbocycles. The average molecular weight is 303 g/mol. The van der Waals surface area contributed by atoms with Gasteiger partial charge in [-0.1, -0.05) is 11.3 Å². The molecule has 2 heterocycles. The summed E-state index contributed by atoms with van der Waals surface area (Å²) in [6.45, 7) is 4.36. The Morgan fingerprint density at radius 3 is 3.05 bits per heavy atom. The second-order valence-corrected chi connectivity index (χ2v) is 5.18. The first-order chi connectivity index (χ1) is 10.2. The molecule has 7 heteroatoms. The molecule has 1 N–H and O–H groups in total. The van der Waals surface area contributed by atoms with E-state index in [0.717, 1.165) is 16.7 Å². The molecule has 0 aliphatic heterocycles. The number of hydrogen-bond acceptors (Lipinski definition) is 6. The van der Waals surface area contributed by atoms with E-state index in [1.165, 1.54) is 11.3 Å². The summed E-state index contributed by atoms with van der Waals surface area (Å²) >= 11 is 1.25. The van der Waals surface area contributed by atoms with Crippen LogP contribution in [0.3, 0.4) is 0 Å². The van der Waals surface area contributed by atoms with E-state index in [1.807, 2.05) is 26.0 Å². The highest BCUT2D eigenvalue weighted by molar-refractivity contribution is 7.13. The highest BCUT2D eigenvalue weighted by Crippen LogP contribution is 2.29. The summed E-state index contributed by atoms with van der Waals surface area (Å²) in [5, 5.41) is 11.4. The van der Waals surface area contributed by atoms with Crippen LogP contribution in [-0.4, -0.2) is 22.7 Å². The van der Waals surface area contributed by atoms with E-state index >= 15 is 0 Å². The number of nitrogens with zero attached hydrogens (tertiary/aromatic N) is 2. The minimum Gasteiger partial charge on any atom is -0.494 e. The van der Waals surface area contributed by atoms with Gasteiger partial charge >= 0.3 is 0 Å². The molecule has 0 unspecified atom stereocenters. The SMILES string of the molecule is CCOc1ccc2oc(C(=O)Nc3nncs3)c(C)c2c1. The molecule has 0 radical (unpaired) electrons. The molecule has 3 rings (SSSR count).